The van der Waals surface area contributed by atoms with Gasteiger partial charge in [0, 0.05) is 18.3 Å². The van der Waals surface area contributed by atoms with Gasteiger partial charge < -0.3 is 10.1 Å². The maximum atomic E-state index is 6.22. The smallest absolute Gasteiger partial charge is 0.142 e. The van der Waals surface area contributed by atoms with E-state index in [0.717, 1.165) is 18.8 Å². The highest BCUT2D eigenvalue weighted by Gasteiger charge is 2.15. The van der Waals surface area contributed by atoms with Crippen molar-refractivity contribution in [1.82, 2.24) is 10.3 Å². The normalized spacial score (nSPS) is 17.1. The fourth-order valence-corrected chi connectivity index (χ4v) is 2.70. The van der Waals surface area contributed by atoms with E-state index in [-0.39, 0.29) is 0 Å². The van der Waals surface area contributed by atoms with Crippen LogP contribution in [0.3, 0.4) is 0 Å². The molecule has 1 fully saturated rings. The Balaban J connectivity index is 1.92. The minimum Gasteiger partial charge on any atom is -0.488 e. The summed E-state index contributed by atoms with van der Waals surface area (Å²) in [5, 5.41) is 3.48. The van der Waals surface area contributed by atoms with E-state index >= 15 is 0 Å². The van der Waals surface area contributed by atoms with Crippen LogP contribution in [-0.2, 0) is 6.54 Å². The van der Waals surface area contributed by atoms with Gasteiger partial charge in [0.1, 0.15) is 5.75 Å². The lowest BCUT2D eigenvalue weighted by Crippen LogP contribution is -2.21. The van der Waals surface area contributed by atoms with Gasteiger partial charge in [0.25, 0.3) is 0 Å². The highest BCUT2D eigenvalue weighted by Crippen LogP contribution is 2.24. The molecule has 0 aliphatic heterocycles. The van der Waals surface area contributed by atoms with Gasteiger partial charge in [0.2, 0.25) is 0 Å². The SMILES string of the molecule is CC(C)CNCc1ccncc1OC1CCCCCC1. The third kappa shape index (κ3) is 5.12. The van der Waals surface area contributed by atoms with E-state index in [0.29, 0.717) is 12.0 Å². The zero-order valence-corrected chi connectivity index (χ0v) is 12.9. The van der Waals surface area contributed by atoms with Crippen molar-refractivity contribution in [1.29, 1.82) is 0 Å². The minimum absolute atomic E-state index is 0.380. The van der Waals surface area contributed by atoms with Crippen LogP contribution in [0.25, 0.3) is 0 Å². The van der Waals surface area contributed by atoms with Gasteiger partial charge in [0.15, 0.2) is 0 Å². The van der Waals surface area contributed by atoms with Crippen LogP contribution in [0.15, 0.2) is 18.5 Å². The lowest BCUT2D eigenvalue weighted by atomic mass is 10.1. The number of nitrogens with one attached hydrogen (secondary N) is 1. The zero-order chi connectivity index (χ0) is 14.2. The van der Waals surface area contributed by atoms with Gasteiger partial charge in [-0.25, -0.2) is 0 Å². The summed E-state index contributed by atoms with van der Waals surface area (Å²) in [6.45, 7) is 6.35. The molecule has 0 amide bonds. The van der Waals surface area contributed by atoms with Crippen LogP contribution in [-0.4, -0.2) is 17.6 Å². The van der Waals surface area contributed by atoms with Crippen LogP contribution in [0.1, 0.15) is 57.9 Å². The van der Waals surface area contributed by atoms with Crippen molar-refractivity contribution in [3.05, 3.63) is 24.0 Å². The fraction of sp³-hybridized carbons (Fsp3) is 0.706. The van der Waals surface area contributed by atoms with E-state index in [2.05, 4.69) is 30.2 Å². The first-order valence-electron chi connectivity index (χ1n) is 8.06. The Hall–Kier alpha value is -1.09. The van der Waals surface area contributed by atoms with Crippen LogP contribution in [0.4, 0.5) is 0 Å². The molecule has 1 heterocycles. The number of aromatic nitrogens is 1. The number of rotatable bonds is 6. The Bertz CT molecular complexity index is 384. The van der Waals surface area contributed by atoms with Crippen molar-refractivity contribution in [3.63, 3.8) is 0 Å². The molecule has 1 aliphatic carbocycles. The van der Waals surface area contributed by atoms with Gasteiger partial charge in [-0.2, -0.15) is 0 Å². The third-order valence-electron chi connectivity index (χ3n) is 3.83. The lowest BCUT2D eigenvalue weighted by Gasteiger charge is -2.19. The minimum atomic E-state index is 0.380. The summed E-state index contributed by atoms with van der Waals surface area (Å²) in [5.74, 6) is 1.64. The molecule has 1 aliphatic rings. The molecular weight excluding hydrogens is 248 g/mol. The van der Waals surface area contributed by atoms with Crippen molar-refractivity contribution in [2.24, 2.45) is 5.92 Å². The first-order valence-corrected chi connectivity index (χ1v) is 8.06. The summed E-state index contributed by atoms with van der Waals surface area (Å²) < 4.78 is 6.22. The highest BCUT2D eigenvalue weighted by molar-refractivity contribution is 5.29. The summed E-state index contributed by atoms with van der Waals surface area (Å²) in [6.07, 6.45) is 11.8. The number of nitrogens with zero attached hydrogens (tertiary/aromatic N) is 1. The second-order valence-corrected chi connectivity index (χ2v) is 6.24. The van der Waals surface area contributed by atoms with Gasteiger partial charge in [-0.3, -0.25) is 4.98 Å². The molecule has 0 bridgehead atoms. The summed E-state index contributed by atoms with van der Waals surface area (Å²) in [5.41, 5.74) is 1.23. The molecule has 0 saturated heterocycles. The molecular formula is C17H28N2O. The van der Waals surface area contributed by atoms with Crippen molar-refractivity contribution in [2.45, 2.75) is 65.0 Å². The topological polar surface area (TPSA) is 34.2 Å². The van der Waals surface area contributed by atoms with E-state index < -0.39 is 0 Å². The molecule has 0 radical (unpaired) electrons. The van der Waals surface area contributed by atoms with Crippen LogP contribution < -0.4 is 10.1 Å². The van der Waals surface area contributed by atoms with Crippen LogP contribution in [0.5, 0.6) is 5.75 Å². The zero-order valence-electron chi connectivity index (χ0n) is 12.9. The van der Waals surface area contributed by atoms with Crippen LogP contribution in [0, 0.1) is 5.92 Å². The monoisotopic (exact) mass is 276 g/mol. The van der Waals surface area contributed by atoms with Crippen molar-refractivity contribution in [3.8, 4) is 5.75 Å². The van der Waals surface area contributed by atoms with Crippen molar-refractivity contribution < 1.29 is 4.74 Å². The maximum absolute atomic E-state index is 6.22. The lowest BCUT2D eigenvalue weighted by molar-refractivity contribution is 0.181. The van der Waals surface area contributed by atoms with Crippen molar-refractivity contribution in [2.75, 3.05) is 6.54 Å². The van der Waals surface area contributed by atoms with E-state index in [9.17, 15) is 0 Å². The van der Waals surface area contributed by atoms with E-state index in [1.54, 1.807) is 0 Å². The second kappa shape index (κ2) is 8.25. The molecule has 2 rings (SSSR count). The molecule has 3 nitrogen and oxygen atoms in total. The molecule has 1 aromatic rings. The van der Waals surface area contributed by atoms with E-state index in [4.69, 9.17) is 4.74 Å². The molecule has 0 aromatic carbocycles. The first kappa shape index (κ1) is 15.3. The molecule has 0 spiro atoms. The Kier molecular flexibility index (Phi) is 6.31. The Labute approximate surface area is 123 Å². The Morgan fingerprint density at radius 3 is 2.70 bits per heavy atom. The Morgan fingerprint density at radius 2 is 2.00 bits per heavy atom. The average molecular weight is 276 g/mol. The van der Waals surface area contributed by atoms with Crippen molar-refractivity contribution >= 4 is 0 Å². The van der Waals surface area contributed by atoms with Gasteiger partial charge >= 0.3 is 0 Å². The number of pyridine rings is 1. The molecule has 20 heavy (non-hydrogen) atoms. The summed E-state index contributed by atoms with van der Waals surface area (Å²) in [4.78, 5) is 4.22. The van der Waals surface area contributed by atoms with Crippen LogP contribution in [0.2, 0.25) is 0 Å². The molecule has 1 saturated carbocycles. The number of ether oxygens (including phenoxy) is 1. The highest BCUT2D eigenvalue weighted by atomic mass is 16.5. The fourth-order valence-electron chi connectivity index (χ4n) is 2.70. The predicted octanol–water partition coefficient (Wildman–Crippen LogP) is 3.93. The summed E-state index contributed by atoms with van der Waals surface area (Å²) >= 11 is 0. The predicted molar refractivity (Wildman–Crippen MR) is 82.9 cm³/mol. The summed E-state index contributed by atoms with van der Waals surface area (Å²) in [7, 11) is 0. The molecule has 3 heteroatoms. The third-order valence-corrected chi connectivity index (χ3v) is 3.83. The average Bonchev–Trinajstić information content (AvgIpc) is 2.69. The summed E-state index contributed by atoms with van der Waals surface area (Å²) in [6, 6.07) is 2.07. The first-order chi connectivity index (χ1) is 9.75. The maximum Gasteiger partial charge on any atom is 0.142 e. The van der Waals surface area contributed by atoms with E-state index in [1.807, 2.05) is 12.4 Å². The molecule has 0 unspecified atom stereocenters. The van der Waals surface area contributed by atoms with Gasteiger partial charge in [-0.1, -0.05) is 26.7 Å². The standard InChI is InChI=1S/C17H28N2O/c1-14(2)11-19-12-15-9-10-18-13-17(15)20-16-7-5-3-4-6-8-16/h9-10,13-14,16,19H,3-8,11-12H2,1-2H3. The van der Waals surface area contributed by atoms with Gasteiger partial charge in [-0.15, -0.1) is 0 Å². The second-order valence-electron chi connectivity index (χ2n) is 6.24. The van der Waals surface area contributed by atoms with Gasteiger partial charge in [-0.05, 0) is 44.2 Å². The molecule has 112 valence electrons. The quantitative estimate of drug-likeness (QED) is 0.799. The molecule has 0 atom stereocenters. The molecule has 1 aromatic heterocycles. The number of hydrogen-bond donors (Lipinski definition) is 1. The number of hydrogen-bond acceptors (Lipinski definition) is 3. The Morgan fingerprint density at radius 1 is 1.25 bits per heavy atom. The molecule has 1 N–H and O–H groups in total. The van der Waals surface area contributed by atoms with E-state index in [1.165, 1.54) is 44.1 Å². The largest absolute Gasteiger partial charge is 0.488 e. The van der Waals surface area contributed by atoms with Crippen LogP contribution >= 0.6 is 0 Å². The van der Waals surface area contributed by atoms with Gasteiger partial charge in [0.05, 0.1) is 12.3 Å².